The Hall–Kier alpha value is -2.47. The van der Waals surface area contributed by atoms with Gasteiger partial charge in [0.05, 0.1) is 5.69 Å². The van der Waals surface area contributed by atoms with Gasteiger partial charge in [0.2, 0.25) is 0 Å². The van der Waals surface area contributed by atoms with E-state index in [1.807, 2.05) is 18.2 Å². The Morgan fingerprint density at radius 2 is 2.05 bits per heavy atom. The van der Waals surface area contributed by atoms with Crippen LogP contribution in [0.5, 0.6) is 0 Å². The molecular weight excluding hydrogens is 280 g/mol. The predicted octanol–water partition coefficient (Wildman–Crippen LogP) is 1.83. The van der Waals surface area contributed by atoms with Crippen molar-refractivity contribution in [1.29, 1.82) is 0 Å². The lowest BCUT2D eigenvalue weighted by atomic mass is 10.1. The molecule has 3 heterocycles. The van der Waals surface area contributed by atoms with Crippen LogP contribution in [0.2, 0.25) is 0 Å². The van der Waals surface area contributed by atoms with Crippen molar-refractivity contribution < 1.29 is 9.53 Å². The highest BCUT2D eigenvalue weighted by molar-refractivity contribution is 5.91. The van der Waals surface area contributed by atoms with Gasteiger partial charge < -0.3 is 15.8 Å². The van der Waals surface area contributed by atoms with Gasteiger partial charge in [0, 0.05) is 31.0 Å². The van der Waals surface area contributed by atoms with E-state index >= 15 is 0 Å². The van der Waals surface area contributed by atoms with Crippen molar-refractivity contribution in [3.63, 3.8) is 0 Å². The van der Waals surface area contributed by atoms with Crippen molar-refractivity contribution in [2.45, 2.75) is 18.9 Å². The molecule has 0 saturated carbocycles. The van der Waals surface area contributed by atoms with Crippen molar-refractivity contribution >= 4 is 11.7 Å². The quantitative estimate of drug-likeness (QED) is 0.898. The summed E-state index contributed by atoms with van der Waals surface area (Å²) in [5.74, 6) is 0.230. The van der Waals surface area contributed by atoms with Gasteiger partial charge in [-0.3, -0.25) is 4.79 Å². The Bertz CT molecular complexity index is 669. The number of aromatic nitrogens is 2. The normalized spacial score (nSPS) is 15.5. The molecule has 3 rings (SSSR count). The lowest BCUT2D eigenvalue weighted by Crippen LogP contribution is -2.28. The van der Waals surface area contributed by atoms with Crippen LogP contribution in [0, 0.1) is 0 Å². The molecule has 0 aromatic carbocycles. The monoisotopic (exact) mass is 298 g/mol. The highest BCUT2D eigenvalue weighted by Gasteiger charge is 2.16. The number of rotatable bonds is 4. The van der Waals surface area contributed by atoms with E-state index in [0.29, 0.717) is 11.7 Å². The fraction of sp³-hybridized carbons (Fsp3) is 0.312. The first-order valence-corrected chi connectivity index (χ1v) is 7.30. The standard InChI is InChI=1S/C16H18N4O2/c17-15(21)14-5-1-4-13(20-14)12-3-2-8-18-16(12)19-11-6-9-22-10-7-11/h1-5,8,11H,6-7,9-10H2,(H2,17,21)(H,18,19). The molecule has 2 aromatic rings. The summed E-state index contributed by atoms with van der Waals surface area (Å²) in [5, 5.41) is 3.45. The molecule has 6 heteroatoms. The number of primary amides is 1. The zero-order valence-electron chi connectivity index (χ0n) is 12.2. The Kier molecular flexibility index (Phi) is 4.29. The summed E-state index contributed by atoms with van der Waals surface area (Å²) in [6.07, 6.45) is 3.64. The van der Waals surface area contributed by atoms with E-state index in [1.54, 1.807) is 18.3 Å². The third-order valence-electron chi connectivity index (χ3n) is 3.65. The minimum atomic E-state index is -0.537. The zero-order valence-corrected chi connectivity index (χ0v) is 12.2. The van der Waals surface area contributed by atoms with Gasteiger partial charge in [0.25, 0.3) is 5.91 Å². The smallest absolute Gasteiger partial charge is 0.267 e. The average Bonchev–Trinajstić information content (AvgIpc) is 2.56. The third kappa shape index (κ3) is 3.23. The number of hydrogen-bond acceptors (Lipinski definition) is 5. The lowest BCUT2D eigenvalue weighted by molar-refractivity contribution is 0.0904. The van der Waals surface area contributed by atoms with Gasteiger partial charge in [-0.1, -0.05) is 6.07 Å². The van der Waals surface area contributed by atoms with Crippen LogP contribution in [-0.4, -0.2) is 35.1 Å². The summed E-state index contributed by atoms with van der Waals surface area (Å²) in [5.41, 5.74) is 7.09. The number of amides is 1. The first-order chi connectivity index (χ1) is 10.7. The van der Waals surface area contributed by atoms with Crippen molar-refractivity contribution in [1.82, 2.24) is 9.97 Å². The van der Waals surface area contributed by atoms with Gasteiger partial charge in [0.1, 0.15) is 11.5 Å². The number of carbonyl (C=O) groups excluding carboxylic acids is 1. The molecule has 0 atom stereocenters. The number of carbonyl (C=O) groups is 1. The molecule has 0 unspecified atom stereocenters. The van der Waals surface area contributed by atoms with E-state index < -0.39 is 5.91 Å². The van der Waals surface area contributed by atoms with Crippen LogP contribution in [0.3, 0.4) is 0 Å². The van der Waals surface area contributed by atoms with Crippen LogP contribution in [-0.2, 0) is 4.74 Å². The van der Waals surface area contributed by atoms with Gasteiger partial charge in [-0.05, 0) is 37.1 Å². The molecule has 2 aromatic heterocycles. The minimum absolute atomic E-state index is 0.248. The van der Waals surface area contributed by atoms with Gasteiger partial charge in [-0.15, -0.1) is 0 Å². The number of nitrogens with zero attached hydrogens (tertiary/aromatic N) is 2. The average molecular weight is 298 g/mol. The molecule has 114 valence electrons. The maximum atomic E-state index is 11.3. The van der Waals surface area contributed by atoms with Crippen LogP contribution >= 0.6 is 0 Å². The number of pyridine rings is 2. The van der Waals surface area contributed by atoms with E-state index in [1.165, 1.54) is 0 Å². The van der Waals surface area contributed by atoms with Crippen LogP contribution in [0.4, 0.5) is 5.82 Å². The highest BCUT2D eigenvalue weighted by Crippen LogP contribution is 2.26. The number of hydrogen-bond donors (Lipinski definition) is 2. The molecular formula is C16H18N4O2. The van der Waals surface area contributed by atoms with Crippen molar-refractivity contribution in [2.75, 3.05) is 18.5 Å². The second-order valence-corrected chi connectivity index (χ2v) is 5.20. The molecule has 1 fully saturated rings. The van der Waals surface area contributed by atoms with Crippen molar-refractivity contribution in [3.8, 4) is 11.3 Å². The number of nitrogens with one attached hydrogen (secondary N) is 1. The summed E-state index contributed by atoms with van der Waals surface area (Å²) in [7, 11) is 0. The topological polar surface area (TPSA) is 90.1 Å². The summed E-state index contributed by atoms with van der Waals surface area (Å²) < 4.78 is 5.37. The molecule has 1 amide bonds. The Labute approximate surface area is 128 Å². The molecule has 1 saturated heterocycles. The van der Waals surface area contributed by atoms with Crippen LogP contribution in [0.15, 0.2) is 36.5 Å². The highest BCUT2D eigenvalue weighted by atomic mass is 16.5. The van der Waals surface area contributed by atoms with Gasteiger partial charge in [-0.2, -0.15) is 0 Å². The summed E-state index contributed by atoms with van der Waals surface area (Å²) in [6, 6.07) is 9.34. The molecule has 1 aliphatic heterocycles. The molecule has 6 nitrogen and oxygen atoms in total. The zero-order chi connectivity index (χ0) is 15.4. The minimum Gasteiger partial charge on any atom is -0.381 e. The summed E-state index contributed by atoms with van der Waals surface area (Å²) >= 11 is 0. The molecule has 0 bridgehead atoms. The molecule has 3 N–H and O–H groups in total. The van der Waals surface area contributed by atoms with Crippen LogP contribution in [0.25, 0.3) is 11.3 Å². The summed E-state index contributed by atoms with van der Waals surface area (Å²) in [4.78, 5) is 20.0. The summed E-state index contributed by atoms with van der Waals surface area (Å²) in [6.45, 7) is 1.52. The second-order valence-electron chi connectivity index (χ2n) is 5.20. The van der Waals surface area contributed by atoms with E-state index in [9.17, 15) is 4.79 Å². The van der Waals surface area contributed by atoms with E-state index in [4.69, 9.17) is 10.5 Å². The van der Waals surface area contributed by atoms with E-state index in [2.05, 4.69) is 15.3 Å². The first kappa shape index (κ1) is 14.5. The Morgan fingerprint density at radius 1 is 1.23 bits per heavy atom. The predicted molar refractivity (Wildman–Crippen MR) is 83.4 cm³/mol. The van der Waals surface area contributed by atoms with Gasteiger partial charge in [-0.25, -0.2) is 9.97 Å². The fourth-order valence-corrected chi connectivity index (χ4v) is 2.48. The van der Waals surface area contributed by atoms with Crippen LogP contribution < -0.4 is 11.1 Å². The third-order valence-corrected chi connectivity index (χ3v) is 3.65. The van der Waals surface area contributed by atoms with Crippen LogP contribution in [0.1, 0.15) is 23.3 Å². The van der Waals surface area contributed by atoms with Crippen molar-refractivity contribution in [3.05, 3.63) is 42.2 Å². The Balaban J connectivity index is 1.90. The fourth-order valence-electron chi connectivity index (χ4n) is 2.48. The maximum Gasteiger partial charge on any atom is 0.267 e. The maximum absolute atomic E-state index is 11.3. The number of anilines is 1. The molecule has 0 spiro atoms. The molecule has 22 heavy (non-hydrogen) atoms. The largest absolute Gasteiger partial charge is 0.381 e. The molecule has 1 aliphatic rings. The number of nitrogens with two attached hydrogens (primary N) is 1. The molecule has 0 radical (unpaired) electrons. The van der Waals surface area contributed by atoms with Gasteiger partial charge in [0.15, 0.2) is 0 Å². The van der Waals surface area contributed by atoms with E-state index in [-0.39, 0.29) is 5.69 Å². The second kappa shape index (κ2) is 6.53. The Morgan fingerprint density at radius 3 is 2.82 bits per heavy atom. The van der Waals surface area contributed by atoms with Crippen molar-refractivity contribution in [2.24, 2.45) is 5.73 Å². The van der Waals surface area contributed by atoms with E-state index in [0.717, 1.165) is 37.4 Å². The SMILES string of the molecule is NC(=O)c1cccc(-c2cccnc2NC2CCOCC2)n1. The molecule has 0 aliphatic carbocycles. The van der Waals surface area contributed by atoms with Gasteiger partial charge >= 0.3 is 0 Å². The first-order valence-electron chi connectivity index (χ1n) is 7.30. The number of ether oxygens (including phenoxy) is 1. The lowest BCUT2D eigenvalue weighted by Gasteiger charge is -2.24.